The number of H-pyrrole nitrogens is 1. The molecule has 3 aromatic rings. The van der Waals surface area contributed by atoms with Crippen molar-refractivity contribution in [2.75, 3.05) is 5.73 Å². The third-order valence-corrected chi connectivity index (χ3v) is 2.85. The number of aromatic nitrogens is 2. The van der Waals surface area contributed by atoms with Crippen molar-refractivity contribution in [3.8, 4) is 0 Å². The predicted molar refractivity (Wildman–Crippen MR) is 80.1 cm³/mol. The van der Waals surface area contributed by atoms with Gasteiger partial charge in [0, 0.05) is 11.8 Å². The molecule has 4 N–H and O–H groups in total. The van der Waals surface area contributed by atoms with Gasteiger partial charge in [-0.25, -0.2) is 18.6 Å². The van der Waals surface area contributed by atoms with Crippen molar-refractivity contribution in [2.24, 2.45) is 0 Å². The highest BCUT2D eigenvalue weighted by Crippen LogP contribution is 2.12. The maximum Gasteiger partial charge on any atom is 0.337 e. The first kappa shape index (κ1) is 16.1. The highest BCUT2D eigenvalue weighted by Gasteiger charge is 2.06. The number of nitrogens with two attached hydrogens (primary N) is 1. The second kappa shape index (κ2) is 6.65. The molecule has 0 atom stereocenters. The van der Waals surface area contributed by atoms with Crippen molar-refractivity contribution in [1.82, 2.24) is 9.97 Å². The molecule has 3 rings (SSSR count). The first-order chi connectivity index (χ1) is 10.9. The molecular formula is C15H11F2N3O3. The van der Waals surface area contributed by atoms with E-state index in [1.807, 2.05) is 0 Å². The number of carboxylic acid groups (broad SMARTS) is 1. The number of hydrogen-bond acceptors (Lipinski definition) is 4. The number of nitrogen functional groups attached to an aromatic ring is 1. The monoisotopic (exact) mass is 319 g/mol. The van der Waals surface area contributed by atoms with Crippen LogP contribution in [0.25, 0.3) is 10.9 Å². The minimum absolute atomic E-state index is 0.0579. The van der Waals surface area contributed by atoms with E-state index in [2.05, 4.69) is 9.97 Å². The maximum absolute atomic E-state index is 12.6. The quantitative estimate of drug-likeness (QED) is 0.596. The summed E-state index contributed by atoms with van der Waals surface area (Å²) in [6, 6.07) is 7.04. The SMILES string of the molecule is Nc1cc(F)ccc1C(=O)O.O=c1[nH]cnc2cc(F)ccc12. The zero-order chi connectivity index (χ0) is 17.0. The van der Waals surface area contributed by atoms with Gasteiger partial charge in [-0.2, -0.15) is 0 Å². The number of hydrogen-bond donors (Lipinski definition) is 3. The summed E-state index contributed by atoms with van der Waals surface area (Å²) in [7, 11) is 0. The van der Waals surface area contributed by atoms with Gasteiger partial charge in [0.15, 0.2) is 0 Å². The maximum atomic E-state index is 12.6. The number of nitrogens with one attached hydrogen (secondary N) is 1. The lowest BCUT2D eigenvalue weighted by atomic mass is 10.2. The van der Waals surface area contributed by atoms with Crippen LogP contribution in [0.5, 0.6) is 0 Å². The fraction of sp³-hybridized carbons (Fsp3) is 0. The number of nitrogens with zero attached hydrogens (tertiary/aromatic N) is 1. The average Bonchev–Trinajstić information content (AvgIpc) is 2.47. The van der Waals surface area contributed by atoms with Crippen LogP contribution in [0.15, 0.2) is 47.5 Å². The van der Waals surface area contributed by atoms with Crippen LogP contribution >= 0.6 is 0 Å². The molecule has 0 saturated heterocycles. The Labute approximate surface area is 128 Å². The molecule has 6 nitrogen and oxygen atoms in total. The number of carboxylic acids is 1. The summed E-state index contributed by atoms with van der Waals surface area (Å²) < 4.78 is 25.0. The number of anilines is 1. The Bertz CT molecular complexity index is 925. The van der Waals surface area contributed by atoms with Crippen LogP contribution in [-0.2, 0) is 0 Å². The molecule has 118 valence electrons. The van der Waals surface area contributed by atoms with Crippen molar-refractivity contribution in [2.45, 2.75) is 0 Å². The molecule has 0 aliphatic heterocycles. The summed E-state index contributed by atoms with van der Waals surface area (Å²) in [6.07, 6.45) is 1.25. The summed E-state index contributed by atoms with van der Waals surface area (Å²) in [6.45, 7) is 0. The molecule has 0 unspecified atom stereocenters. The van der Waals surface area contributed by atoms with Crippen LogP contribution in [0.4, 0.5) is 14.5 Å². The molecule has 8 heteroatoms. The van der Waals surface area contributed by atoms with Crippen LogP contribution in [0.3, 0.4) is 0 Å². The van der Waals surface area contributed by atoms with E-state index in [0.29, 0.717) is 10.9 Å². The smallest absolute Gasteiger partial charge is 0.337 e. The van der Waals surface area contributed by atoms with Gasteiger partial charge in [0.1, 0.15) is 11.6 Å². The second-order valence-electron chi connectivity index (χ2n) is 4.43. The van der Waals surface area contributed by atoms with Crippen LogP contribution < -0.4 is 11.3 Å². The molecule has 23 heavy (non-hydrogen) atoms. The number of rotatable bonds is 1. The van der Waals surface area contributed by atoms with Gasteiger partial charge in [0.05, 0.1) is 22.8 Å². The number of aromatic amines is 1. The molecule has 0 aliphatic rings. The van der Waals surface area contributed by atoms with Crippen LogP contribution in [0, 0.1) is 11.6 Å². The first-order valence-corrected chi connectivity index (χ1v) is 6.30. The van der Waals surface area contributed by atoms with Gasteiger partial charge in [-0.3, -0.25) is 4.79 Å². The topological polar surface area (TPSA) is 109 Å². The molecule has 0 spiro atoms. The van der Waals surface area contributed by atoms with E-state index >= 15 is 0 Å². The Morgan fingerprint density at radius 2 is 1.78 bits per heavy atom. The Morgan fingerprint density at radius 3 is 2.43 bits per heavy atom. The third-order valence-electron chi connectivity index (χ3n) is 2.85. The van der Waals surface area contributed by atoms with Gasteiger partial charge in [-0.05, 0) is 30.3 Å². The fourth-order valence-electron chi connectivity index (χ4n) is 1.77. The molecule has 0 aliphatic carbocycles. The highest BCUT2D eigenvalue weighted by molar-refractivity contribution is 5.93. The molecule has 0 fully saturated rings. The number of benzene rings is 2. The minimum Gasteiger partial charge on any atom is -0.478 e. The van der Waals surface area contributed by atoms with Gasteiger partial charge < -0.3 is 15.8 Å². The third kappa shape index (κ3) is 3.88. The molecule has 1 aromatic heterocycles. The zero-order valence-electron chi connectivity index (χ0n) is 11.6. The van der Waals surface area contributed by atoms with Gasteiger partial charge in [0.25, 0.3) is 5.56 Å². The molecular weight excluding hydrogens is 308 g/mol. The molecule has 2 aromatic carbocycles. The number of aromatic carboxylic acids is 1. The standard InChI is InChI=1S/C8H5FN2O.C7H6FNO2/c9-5-1-2-6-7(3-5)10-4-11-8(6)12;8-4-1-2-5(7(10)11)6(9)3-4/h1-4H,(H,10,11,12);1-3H,9H2,(H,10,11). The molecule has 0 saturated carbocycles. The van der Waals surface area contributed by atoms with Gasteiger partial charge in [0.2, 0.25) is 0 Å². The molecule has 0 bridgehead atoms. The largest absolute Gasteiger partial charge is 0.478 e. The molecule has 0 radical (unpaired) electrons. The highest BCUT2D eigenvalue weighted by atomic mass is 19.1. The number of halogens is 2. The molecule has 1 heterocycles. The molecule has 0 amide bonds. The summed E-state index contributed by atoms with van der Waals surface area (Å²) in [5.74, 6) is -2.07. The normalized spacial score (nSPS) is 10.0. The van der Waals surface area contributed by atoms with E-state index in [4.69, 9.17) is 10.8 Å². The zero-order valence-corrected chi connectivity index (χ0v) is 11.6. The van der Waals surface area contributed by atoms with E-state index < -0.39 is 11.8 Å². The van der Waals surface area contributed by atoms with E-state index in [1.54, 1.807) is 0 Å². The lowest BCUT2D eigenvalue weighted by Gasteiger charge is -1.98. The number of fused-ring (bicyclic) bond motifs is 1. The Morgan fingerprint density at radius 1 is 1.13 bits per heavy atom. The fourth-order valence-corrected chi connectivity index (χ4v) is 1.77. The van der Waals surface area contributed by atoms with E-state index in [9.17, 15) is 18.4 Å². The summed E-state index contributed by atoms with van der Waals surface area (Å²) in [4.78, 5) is 27.6. The lowest BCUT2D eigenvalue weighted by Crippen LogP contribution is -2.05. The Kier molecular flexibility index (Phi) is 4.65. The van der Waals surface area contributed by atoms with Crippen molar-refractivity contribution in [3.05, 3.63) is 70.3 Å². The second-order valence-corrected chi connectivity index (χ2v) is 4.43. The van der Waals surface area contributed by atoms with Gasteiger partial charge >= 0.3 is 5.97 Å². The van der Waals surface area contributed by atoms with Crippen molar-refractivity contribution in [3.63, 3.8) is 0 Å². The summed E-state index contributed by atoms with van der Waals surface area (Å²) in [5, 5.41) is 8.86. The van der Waals surface area contributed by atoms with E-state index in [1.165, 1.54) is 24.5 Å². The summed E-state index contributed by atoms with van der Waals surface area (Å²) in [5.41, 5.74) is 5.19. The van der Waals surface area contributed by atoms with Gasteiger partial charge in [-0.15, -0.1) is 0 Å². The number of carbonyl (C=O) groups is 1. The van der Waals surface area contributed by atoms with Crippen molar-refractivity contribution < 1.29 is 18.7 Å². The van der Waals surface area contributed by atoms with Crippen LogP contribution in [-0.4, -0.2) is 21.0 Å². The van der Waals surface area contributed by atoms with Crippen LogP contribution in [0.2, 0.25) is 0 Å². The Balaban J connectivity index is 0.000000168. The van der Waals surface area contributed by atoms with Crippen LogP contribution in [0.1, 0.15) is 10.4 Å². The van der Waals surface area contributed by atoms with E-state index in [-0.39, 0.29) is 22.6 Å². The van der Waals surface area contributed by atoms with Crippen molar-refractivity contribution in [1.29, 1.82) is 0 Å². The van der Waals surface area contributed by atoms with Crippen molar-refractivity contribution >= 4 is 22.6 Å². The minimum atomic E-state index is -1.15. The summed E-state index contributed by atoms with van der Waals surface area (Å²) >= 11 is 0. The average molecular weight is 319 g/mol. The lowest BCUT2D eigenvalue weighted by molar-refractivity contribution is 0.0698. The van der Waals surface area contributed by atoms with Gasteiger partial charge in [-0.1, -0.05) is 0 Å². The predicted octanol–water partition coefficient (Wildman–Crippen LogP) is 2.17. The van der Waals surface area contributed by atoms with E-state index in [0.717, 1.165) is 18.2 Å². The Hall–Kier alpha value is -3.29. The first-order valence-electron chi connectivity index (χ1n) is 6.30.